The average Bonchev–Trinajstić information content (AvgIpc) is 3.26. The van der Waals surface area contributed by atoms with Crippen LogP contribution in [0.1, 0.15) is 41.8 Å². The number of aromatic amines is 1. The van der Waals surface area contributed by atoms with Crippen molar-refractivity contribution in [1.82, 2.24) is 24.6 Å². The van der Waals surface area contributed by atoms with E-state index in [1.54, 1.807) is 0 Å². The Balaban J connectivity index is 1.31. The lowest BCUT2D eigenvalue weighted by atomic mass is 10.0. The molecule has 36 heavy (non-hydrogen) atoms. The lowest BCUT2D eigenvalue weighted by molar-refractivity contribution is 0.241. The lowest BCUT2D eigenvalue weighted by Gasteiger charge is -2.32. The fourth-order valence-electron chi connectivity index (χ4n) is 5.48. The minimum atomic E-state index is -0.0310. The third-order valence-corrected chi connectivity index (χ3v) is 7.39. The molecule has 6 rings (SSSR count). The van der Waals surface area contributed by atoms with E-state index in [1.807, 2.05) is 36.4 Å². The van der Waals surface area contributed by atoms with Gasteiger partial charge in [0.05, 0.1) is 22.6 Å². The van der Waals surface area contributed by atoms with Crippen molar-refractivity contribution in [2.75, 3.05) is 24.5 Å². The quantitative estimate of drug-likeness (QED) is 0.456. The van der Waals surface area contributed by atoms with E-state index in [9.17, 15) is 4.79 Å². The number of fused-ring (bicyclic) bond motifs is 1. The molecule has 7 nitrogen and oxygen atoms in total. The van der Waals surface area contributed by atoms with Gasteiger partial charge in [-0.2, -0.15) is 5.10 Å². The molecule has 0 atom stereocenters. The van der Waals surface area contributed by atoms with Gasteiger partial charge in [-0.1, -0.05) is 48.5 Å². The van der Waals surface area contributed by atoms with Crippen LogP contribution in [0.2, 0.25) is 0 Å². The molecule has 0 amide bonds. The molecule has 0 saturated carbocycles. The van der Waals surface area contributed by atoms with Gasteiger partial charge in [-0.15, -0.1) is 0 Å². The summed E-state index contributed by atoms with van der Waals surface area (Å²) in [6, 6.07) is 20.3. The summed E-state index contributed by atoms with van der Waals surface area (Å²) in [6.45, 7) is 6.46. The number of para-hydroxylation sites is 1. The fourth-order valence-corrected chi connectivity index (χ4v) is 5.48. The summed E-state index contributed by atoms with van der Waals surface area (Å²) < 4.78 is 2.12. The van der Waals surface area contributed by atoms with E-state index < -0.39 is 0 Å². The van der Waals surface area contributed by atoms with Crippen molar-refractivity contribution in [3.63, 3.8) is 0 Å². The molecule has 0 bridgehead atoms. The van der Waals surface area contributed by atoms with Gasteiger partial charge in [0.1, 0.15) is 11.6 Å². The average molecular weight is 481 g/mol. The van der Waals surface area contributed by atoms with Gasteiger partial charge in [0, 0.05) is 50.3 Å². The Bertz CT molecular complexity index is 1400. The molecule has 2 aromatic carbocycles. The SMILES string of the molecule is Cc1nn(-c2ccccc2)c(N2CCCCC2)c1CN1CCc2nc(-c3ccccc3)[nH]c(=O)c2C1. The van der Waals surface area contributed by atoms with Crippen molar-refractivity contribution in [2.45, 2.75) is 45.7 Å². The maximum absolute atomic E-state index is 13.1. The second kappa shape index (κ2) is 9.74. The molecule has 4 heterocycles. The third-order valence-electron chi connectivity index (χ3n) is 7.39. The van der Waals surface area contributed by atoms with Crippen LogP contribution >= 0.6 is 0 Å². The normalized spacial score (nSPS) is 16.2. The Morgan fingerprint density at radius 2 is 1.64 bits per heavy atom. The minimum absolute atomic E-state index is 0.0310. The van der Waals surface area contributed by atoms with Crippen molar-refractivity contribution < 1.29 is 0 Å². The predicted octanol–water partition coefficient (Wildman–Crippen LogP) is 4.48. The Morgan fingerprint density at radius 3 is 2.39 bits per heavy atom. The standard InChI is InChI=1S/C29H32N6O/c1-21-24(29(34-16-9-4-10-17-34)35(32-21)23-13-7-3-8-14-23)19-33-18-15-26-25(20-33)28(36)31-27(30-26)22-11-5-2-6-12-22/h2-3,5-8,11-14H,4,9-10,15-20H2,1H3,(H,30,31,36). The zero-order chi connectivity index (χ0) is 24.5. The Kier molecular flexibility index (Phi) is 6.15. The first-order valence-corrected chi connectivity index (χ1v) is 13.0. The summed E-state index contributed by atoms with van der Waals surface area (Å²) in [6.07, 6.45) is 4.47. The summed E-state index contributed by atoms with van der Waals surface area (Å²) in [5.74, 6) is 1.86. The highest BCUT2D eigenvalue weighted by Gasteiger charge is 2.27. The number of benzene rings is 2. The Hall–Kier alpha value is -3.71. The summed E-state index contributed by atoms with van der Waals surface area (Å²) in [5.41, 5.74) is 6.01. The zero-order valence-electron chi connectivity index (χ0n) is 20.8. The van der Waals surface area contributed by atoms with E-state index in [0.717, 1.165) is 60.8 Å². The highest BCUT2D eigenvalue weighted by Crippen LogP contribution is 2.32. The number of rotatable bonds is 5. The number of anilines is 1. The number of nitrogens with one attached hydrogen (secondary N) is 1. The summed E-state index contributed by atoms with van der Waals surface area (Å²) in [7, 11) is 0. The molecule has 0 radical (unpaired) electrons. The molecule has 0 spiro atoms. The van der Waals surface area contributed by atoms with Crippen LogP contribution in [-0.4, -0.2) is 44.3 Å². The van der Waals surface area contributed by atoms with Crippen LogP contribution in [0.5, 0.6) is 0 Å². The van der Waals surface area contributed by atoms with Gasteiger partial charge in [0.25, 0.3) is 5.56 Å². The monoisotopic (exact) mass is 480 g/mol. The molecule has 1 fully saturated rings. The number of hydrogen-bond acceptors (Lipinski definition) is 5. The number of H-pyrrole nitrogens is 1. The second-order valence-corrected chi connectivity index (χ2v) is 9.85. The van der Waals surface area contributed by atoms with Gasteiger partial charge in [-0.05, 0) is 38.3 Å². The third kappa shape index (κ3) is 4.35. The number of aryl methyl sites for hydroxylation is 1. The lowest BCUT2D eigenvalue weighted by Crippen LogP contribution is -2.36. The largest absolute Gasteiger partial charge is 0.356 e. The number of hydrogen-bond donors (Lipinski definition) is 1. The molecule has 0 aliphatic carbocycles. The highest BCUT2D eigenvalue weighted by atomic mass is 16.1. The van der Waals surface area contributed by atoms with Crippen LogP contribution in [0.25, 0.3) is 17.1 Å². The number of aromatic nitrogens is 4. The van der Waals surface area contributed by atoms with Gasteiger partial charge >= 0.3 is 0 Å². The molecule has 4 aromatic rings. The van der Waals surface area contributed by atoms with E-state index in [0.29, 0.717) is 12.4 Å². The first-order chi connectivity index (χ1) is 17.7. The van der Waals surface area contributed by atoms with E-state index >= 15 is 0 Å². The molecular formula is C29H32N6O. The molecule has 0 unspecified atom stereocenters. The molecule has 2 aliphatic heterocycles. The first kappa shape index (κ1) is 22.7. The van der Waals surface area contributed by atoms with Crippen LogP contribution < -0.4 is 10.5 Å². The maximum Gasteiger partial charge on any atom is 0.255 e. The van der Waals surface area contributed by atoms with E-state index in [2.05, 4.69) is 50.7 Å². The molecule has 2 aromatic heterocycles. The predicted molar refractivity (Wildman–Crippen MR) is 142 cm³/mol. The minimum Gasteiger partial charge on any atom is -0.356 e. The molecule has 7 heteroatoms. The van der Waals surface area contributed by atoms with Crippen LogP contribution in [0.3, 0.4) is 0 Å². The van der Waals surface area contributed by atoms with Crippen molar-refractivity contribution in [3.8, 4) is 17.1 Å². The van der Waals surface area contributed by atoms with Crippen LogP contribution in [0.4, 0.5) is 5.82 Å². The highest BCUT2D eigenvalue weighted by molar-refractivity contribution is 5.56. The van der Waals surface area contributed by atoms with Crippen molar-refractivity contribution in [1.29, 1.82) is 0 Å². The maximum atomic E-state index is 13.1. The van der Waals surface area contributed by atoms with Crippen LogP contribution in [0.15, 0.2) is 65.5 Å². The van der Waals surface area contributed by atoms with Gasteiger partial charge in [-0.3, -0.25) is 9.69 Å². The molecule has 1 saturated heterocycles. The van der Waals surface area contributed by atoms with Gasteiger partial charge in [-0.25, -0.2) is 9.67 Å². The van der Waals surface area contributed by atoms with Crippen molar-refractivity contribution in [2.24, 2.45) is 0 Å². The summed E-state index contributed by atoms with van der Waals surface area (Å²) in [4.78, 5) is 25.8. The van der Waals surface area contributed by atoms with E-state index in [-0.39, 0.29) is 5.56 Å². The summed E-state index contributed by atoms with van der Waals surface area (Å²) >= 11 is 0. The van der Waals surface area contributed by atoms with Gasteiger partial charge in [0.15, 0.2) is 0 Å². The van der Waals surface area contributed by atoms with Crippen molar-refractivity contribution >= 4 is 5.82 Å². The van der Waals surface area contributed by atoms with Gasteiger partial charge in [0.2, 0.25) is 0 Å². The topological polar surface area (TPSA) is 70.1 Å². The van der Waals surface area contributed by atoms with Gasteiger partial charge < -0.3 is 9.88 Å². The Morgan fingerprint density at radius 1 is 0.917 bits per heavy atom. The number of nitrogens with zero attached hydrogens (tertiary/aromatic N) is 5. The Labute approximate surface area is 211 Å². The smallest absolute Gasteiger partial charge is 0.255 e. The summed E-state index contributed by atoms with van der Waals surface area (Å²) in [5, 5.41) is 5.00. The van der Waals surface area contributed by atoms with E-state index in [4.69, 9.17) is 10.1 Å². The first-order valence-electron chi connectivity index (χ1n) is 13.0. The van der Waals surface area contributed by atoms with Crippen LogP contribution in [0, 0.1) is 6.92 Å². The molecular weight excluding hydrogens is 448 g/mol. The zero-order valence-corrected chi connectivity index (χ0v) is 20.8. The van der Waals surface area contributed by atoms with Crippen LogP contribution in [-0.2, 0) is 19.5 Å². The fraction of sp³-hybridized carbons (Fsp3) is 0.345. The van der Waals surface area contributed by atoms with Crippen molar-refractivity contribution in [3.05, 3.63) is 93.5 Å². The molecule has 184 valence electrons. The second-order valence-electron chi connectivity index (χ2n) is 9.85. The van der Waals surface area contributed by atoms with E-state index in [1.165, 1.54) is 30.6 Å². The molecule has 1 N–H and O–H groups in total. The number of piperidine rings is 1. The molecule has 2 aliphatic rings.